The van der Waals surface area contributed by atoms with Crippen LogP contribution in [0.1, 0.15) is 25.0 Å². The topological polar surface area (TPSA) is 83.6 Å². The summed E-state index contributed by atoms with van der Waals surface area (Å²) in [5.74, 6) is -1.26. The molecule has 0 saturated heterocycles. The SMILES string of the molecule is CCc1cccc2c1N(C(C)=O)CC(N)(C(=O)O)C2. The van der Waals surface area contributed by atoms with Crippen molar-refractivity contribution >= 4 is 17.6 Å². The maximum atomic E-state index is 11.8. The van der Waals surface area contributed by atoms with Crippen LogP contribution >= 0.6 is 0 Å². The molecule has 3 N–H and O–H groups in total. The molecule has 5 nitrogen and oxygen atoms in total. The largest absolute Gasteiger partial charge is 0.480 e. The number of aryl methyl sites for hydroxylation is 1. The molecule has 1 aromatic rings. The molecule has 102 valence electrons. The number of rotatable bonds is 2. The van der Waals surface area contributed by atoms with Crippen LogP contribution in [0.15, 0.2) is 18.2 Å². The maximum Gasteiger partial charge on any atom is 0.325 e. The van der Waals surface area contributed by atoms with Gasteiger partial charge in [0.2, 0.25) is 5.91 Å². The molecule has 0 aliphatic carbocycles. The van der Waals surface area contributed by atoms with Gasteiger partial charge in [-0.05, 0) is 17.5 Å². The van der Waals surface area contributed by atoms with E-state index in [1.54, 1.807) is 0 Å². The van der Waals surface area contributed by atoms with Gasteiger partial charge >= 0.3 is 5.97 Å². The molecule has 0 spiro atoms. The van der Waals surface area contributed by atoms with Crippen molar-refractivity contribution in [3.63, 3.8) is 0 Å². The summed E-state index contributed by atoms with van der Waals surface area (Å²) < 4.78 is 0. The summed E-state index contributed by atoms with van der Waals surface area (Å²) in [6.07, 6.45) is 1.03. The zero-order valence-corrected chi connectivity index (χ0v) is 11.1. The summed E-state index contributed by atoms with van der Waals surface area (Å²) in [6.45, 7) is 3.46. The van der Waals surface area contributed by atoms with Crippen molar-refractivity contribution in [3.05, 3.63) is 29.3 Å². The van der Waals surface area contributed by atoms with Gasteiger partial charge in [-0.3, -0.25) is 9.59 Å². The Morgan fingerprint density at radius 1 is 1.47 bits per heavy atom. The Kier molecular flexibility index (Phi) is 3.32. The molecule has 2 rings (SSSR count). The number of nitrogens with zero attached hydrogens (tertiary/aromatic N) is 1. The molecular weight excluding hydrogens is 244 g/mol. The summed E-state index contributed by atoms with van der Waals surface area (Å²) in [7, 11) is 0. The van der Waals surface area contributed by atoms with Crippen LogP contribution in [-0.2, 0) is 22.4 Å². The average molecular weight is 262 g/mol. The van der Waals surface area contributed by atoms with E-state index in [4.69, 9.17) is 5.73 Å². The lowest BCUT2D eigenvalue weighted by atomic mass is 9.84. The Balaban J connectivity index is 2.59. The number of carboxylic acids is 1. The van der Waals surface area contributed by atoms with Gasteiger partial charge in [-0.1, -0.05) is 25.1 Å². The molecular formula is C14H18N2O3. The van der Waals surface area contributed by atoms with Gasteiger partial charge in [-0.2, -0.15) is 0 Å². The van der Waals surface area contributed by atoms with Crippen LogP contribution in [0.5, 0.6) is 0 Å². The summed E-state index contributed by atoms with van der Waals surface area (Å²) in [6, 6.07) is 5.68. The van der Waals surface area contributed by atoms with Gasteiger partial charge in [0.1, 0.15) is 5.54 Å². The molecule has 1 atom stereocenters. The fourth-order valence-corrected chi connectivity index (χ4v) is 2.59. The van der Waals surface area contributed by atoms with Gasteiger partial charge in [-0.25, -0.2) is 0 Å². The Bertz CT molecular complexity index is 541. The molecule has 19 heavy (non-hydrogen) atoms. The number of carbonyl (C=O) groups is 2. The normalized spacial score (nSPS) is 21.9. The monoisotopic (exact) mass is 262 g/mol. The lowest BCUT2D eigenvalue weighted by molar-refractivity contribution is -0.143. The smallest absolute Gasteiger partial charge is 0.325 e. The molecule has 1 amide bonds. The van der Waals surface area contributed by atoms with Crippen molar-refractivity contribution in [3.8, 4) is 0 Å². The minimum atomic E-state index is -1.41. The highest BCUT2D eigenvalue weighted by Crippen LogP contribution is 2.34. The van der Waals surface area contributed by atoms with Crippen molar-refractivity contribution in [2.45, 2.75) is 32.2 Å². The number of hydrogen-bond acceptors (Lipinski definition) is 3. The lowest BCUT2D eigenvalue weighted by Gasteiger charge is -2.39. The van der Waals surface area contributed by atoms with Crippen LogP contribution < -0.4 is 10.6 Å². The van der Waals surface area contributed by atoms with Crippen molar-refractivity contribution in [2.75, 3.05) is 11.4 Å². The van der Waals surface area contributed by atoms with Crippen LogP contribution in [0.4, 0.5) is 5.69 Å². The van der Waals surface area contributed by atoms with E-state index in [2.05, 4.69) is 0 Å². The van der Waals surface area contributed by atoms with E-state index in [9.17, 15) is 14.7 Å². The number of aliphatic carboxylic acids is 1. The third-order valence-corrected chi connectivity index (χ3v) is 3.61. The molecule has 0 bridgehead atoms. The van der Waals surface area contributed by atoms with Gasteiger partial charge in [-0.15, -0.1) is 0 Å². The van der Waals surface area contributed by atoms with Crippen molar-refractivity contribution < 1.29 is 14.7 Å². The van der Waals surface area contributed by atoms with Crippen LogP contribution in [0, 0.1) is 0 Å². The number of amides is 1. The van der Waals surface area contributed by atoms with Gasteiger partial charge in [0.15, 0.2) is 0 Å². The molecule has 5 heteroatoms. The van der Waals surface area contributed by atoms with E-state index < -0.39 is 11.5 Å². The number of fused-ring (bicyclic) bond motifs is 1. The number of anilines is 1. The number of nitrogens with two attached hydrogens (primary N) is 1. The first-order valence-corrected chi connectivity index (χ1v) is 6.30. The number of carbonyl (C=O) groups excluding carboxylic acids is 1. The number of carboxylic acid groups (broad SMARTS) is 1. The standard InChI is InChI=1S/C14H18N2O3/c1-3-10-5-4-6-11-7-14(15,13(18)19)8-16(9(2)17)12(10)11/h4-6H,3,7-8,15H2,1-2H3,(H,18,19). The first-order chi connectivity index (χ1) is 8.89. The van der Waals surface area contributed by atoms with Crippen molar-refractivity contribution in [1.29, 1.82) is 0 Å². The van der Waals surface area contributed by atoms with E-state index >= 15 is 0 Å². The zero-order chi connectivity index (χ0) is 14.2. The molecule has 1 aromatic carbocycles. The Morgan fingerprint density at radius 2 is 2.16 bits per heavy atom. The second-order valence-electron chi connectivity index (χ2n) is 5.02. The van der Waals surface area contributed by atoms with Gasteiger partial charge in [0.05, 0.1) is 12.2 Å². The highest BCUT2D eigenvalue weighted by Gasteiger charge is 2.42. The quantitative estimate of drug-likeness (QED) is 0.830. The van der Waals surface area contributed by atoms with E-state index in [1.165, 1.54) is 11.8 Å². The van der Waals surface area contributed by atoms with Gasteiger partial charge in [0.25, 0.3) is 0 Å². The van der Waals surface area contributed by atoms with Crippen LogP contribution in [-0.4, -0.2) is 29.1 Å². The summed E-state index contributed by atoms with van der Waals surface area (Å²) in [4.78, 5) is 24.7. The predicted molar refractivity (Wildman–Crippen MR) is 72.1 cm³/mol. The fourth-order valence-electron chi connectivity index (χ4n) is 2.59. The summed E-state index contributed by atoms with van der Waals surface area (Å²) >= 11 is 0. The third kappa shape index (κ3) is 2.21. The highest BCUT2D eigenvalue weighted by molar-refractivity contribution is 5.96. The number of benzene rings is 1. The van der Waals surface area contributed by atoms with E-state index in [-0.39, 0.29) is 18.9 Å². The Morgan fingerprint density at radius 3 is 2.68 bits per heavy atom. The van der Waals surface area contributed by atoms with E-state index in [0.717, 1.165) is 23.2 Å². The second kappa shape index (κ2) is 4.66. The maximum absolute atomic E-state index is 11.8. The number of hydrogen-bond donors (Lipinski definition) is 2. The highest BCUT2D eigenvalue weighted by atomic mass is 16.4. The molecule has 1 aliphatic rings. The molecule has 0 saturated carbocycles. The lowest BCUT2D eigenvalue weighted by Crippen LogP contribution is -2.61. The van der Waals surface area contributed by atoms with Gasteiger partial charge < -0.3 is 15.7 Å². The molecule has 1 aliphatic heterocycles. The summed E-state index contributed by atoms with van der Waals surface area (Å²) in [5.41, 5.74) is 7.23. The Labute approximate surface area is 112 Å². The van der Waals surface area contributed by atoms with Crippen molar-refractivity contribution in [2.24, 2.45) is 5.73 Å². The first-order valence-electron chi connectivity index (χ1n) is 6.30. The van der Waals surface area contributed by atoms with E-state index in [1.807, 2.05) is 25.1 Å². The van der Waals surface area contributed by atoms with Crippen LogP contribution in [0.25, 0.3) is 0 Å². The minimum absolute atomic E-state index is 0.0156. The Hall–Kier alpha value is -1.88. The predicted octanol–water partition coefficient (Wildman–Crippen LogP) is 0.940. The minimum Gasteiger partial charge on any atom is -0.480 e. The molecule has 1 heterocycles. The zero-order valence-electron chi connectivity index (χ0n) is 11.1. The molecule has 0 radical (unpaired) electrons. The molecule has 1 unspecified atom stereocenters. The fraction of sp³-hybridized carbons (Fsp3) is 0.429. The third-order valence-electron chi connectivity index (χ3n) is 3.61. The van der Waals surface area contributed by atoms with E-state index in [0.29, 0.717) is 0 Å². The van der Waals surface area contributed by atoms with Crippen LogP contribution in [0.2, 0.25) is 0 Å². The molecule has 0 aromatic heterocycles. The van der Waals surface area contributed by atoms with Crippen LogP contribution in [0.3, 0.4) is 0 Å². The second-order valence-corrected chi connectivity index (χ2v) is 5.02. The van der Waals surface area contributed by atoms with Crippen molar-refractivity contribution in [1.82, 2.24) is 0 Å². The first kappa shape index (κ1) is 13.5. The average Bonchev–Trinajstić information content (AvgIpc) is 2.36. The van der Waals surface area contributed by atoms with Gasteiger partial charge in [0, 0.05) is 13.3 Å². The molecule has 0 fully saturated rings. The number of para-hydroxylation sites is 1. The summed E-state index contributed by atoms with van der Waals surface area (Å²) in [5, 5.41) is 9.29.